The molecule has 164 valence electrons. The third kappa shape index (κ3) is 4.42. The molecule has 1 aliphatic heterocycles. The van der Waals surface area contributed by atoms with E-state index in [2.05, 4.69) is 0 Å². The van der Waals surface area contributed by atoms with Gasteiger partial charge >= 0.3 is 5.97 Å². The Balaban J connectivity index is 1.54. The molecule has 0 amide bonds. The molecular formula is C27H20ClNO3S. The van der Waals surface area contributed by atoms with Crippen molar-refractivity contribution in [2.45, 2.75) is 19.4 Å². The van der Waals surface area contributed by atoms with Crippen LogP contribution < -0.4 is 4.74 Å². The van der Waals surface area contributed by atoms with E-state index < -0.39 is 5.97 Å². The number of thiazole rings is 1. The Morgan fingerprint density at radius 3 is 2.36 bits per heavy atom. The Labute approximate surface area is 201 Å². The molecule has 0 aliphatic carbocycles. The third-order valence-electron chi connectivity index (χ3n) is 5.46. The van der Waals surface area contributed by atoms with Gasteiger partial charge in [-0.25, -0.2) is 9.78 Å². The van der Waals surface area contributed by atoms with Crippen LogP contribution >= 0.6 is 22.9 Å². The van der Waals surface area contributed by atoms with Crippen molar-refractivity contribution in [1.29, 1.82) is 0 Å². The predicted molar refractivity (Wildman–Crippen MR) is 130 cm³/mol. The fourth-order valence-electron chi connectivity index (χ4n) is 3.85. The molecule has 0 radical (unpaired) electrons. The average Bonchev–Trinajstić information content (AvgIpc) is 3.27. The van der Waals surface area contributed by atoms with Crippen LogP contribution in [0, 0.1) is 0 Å². The van der Waals surface area contributed by atoms with Gasteiger partial charge in [-0.15, -0.1) is 11.3 Å². The third-order valence-corrected chi connectivity index (χ3v) is 6.86. The molecule has 0 fully saturated rings. The lowest BCUT2D eigenvalue weighted by Gasteiger charge is -2.25. The molecule has 0 bridgehead atoms. The lowest BCUT2D eigenvalue weighted by molar-refractivity contribution is -0.140. The van der Waals surface area contributed by atoms with E-state index in [1.54, 1.807) is 6.92 Å². The van der Waals surface area contributed by atoms with Crippen LogP contribution in [0.25, 0.3) is 10.6 Å². The minimum absolute atomic E-state index is 0.189. The van der Waals surface area contributed by atoms with Gasteiger partial charge in [-0.05, 0) is 30.2 Å². The molecule has 3 aromatic carbocycles. The summed E-state index contributed by atoms with van der Waals surface area (Å²) in [5, 5.41) is 1.47. The zero-order chi connectivity index (χ0) is 22.8. The smallest absolute Gasteiger partial charge is 0.338 e. The number of rotatable bonds is 5. The molecule has 4 aromatic rings. The maximum Gasteiger partial charge on any atom is 0.338 e. The normalized spacial score (nSPS) is 15.0. The molecule has 6 heteroatoms. The lowest BCUT2D eigenvalue weighted by atomic mass is 9.87. The quantitative estimate of drug-likeness (QED) is 0.292. The van der Waals surface area contributed by atoms with Crippen molar-refractivity contribution in [3.05, 3.63) is 117 Å². The van der Waals surface area contributed by atoms with E-state index in [1.165, 1.54) is 11.3 Å². The highest BCUT2D eigenvalue weighted by atomic mass is 35.5. The van der Waals surface area contributed by atoms with E-state index in [-0.39, 0.29) is 12.5 Å². The summed E-state index contributed by atoms with van der Waals surface area (Å²) in [7, 11) is 0. The number of halogens is 1. The second-order valence-electron chi connectivity index (χ2n) is 7.67. The van der Waals surface area contributed by atoms with Gasteiger partial charge in [-0.1, -0.05) is 84.4 Å². The summed E-state index contributed by atoms with van der Waals surface area (Å²) in [6, 6.07) is 27.1. The number of carbonyl (C=O) groups is 1. The zero-order valence-corrected chi connectivity index (χ0v) is 19.4. The van der Waals surface area contributed by atoms with Crippen LogP contribution in [0.15, 0.2) is 96.3 Å². The molecule has 33 heavy (non-hydrogen) atoms. The minimum atomic E-state index is -0.406. The number of ether oxygens (including phenoxy) is 2. The Morgan fingerprint density at radius 2 is 1.67 bits per heavy atom. The second-order valence-corrected chi connectivity index (χ2v) is 9.14. The molecule has 0 N–H and O–H groups in total. The van der Waals surface area contributed by atoms with Gasteiger partial charge in [0.2, 0.25) is 5.88 Å². The maximum absolute atomic E-state index is 13.3. The number of esters is 1. The van der Waals surface area contributed by atoms with E-state index in [0.29, 0.717) is 22.2 Å². The number of allylic oxidation sites excluding steroid dienone is 1. The molecule has 5 rings (SSSR count). The van der Waals surface area contributed by atoms with Crippen molar-refractivity contribution in [3.8, 4) is 16.5 Å². The van der Waals surface area contributed by atoms with Crippen LogP contribution in [-0.2, 0) is 16.1 Å². The van der Waals surface area contributed by atoms with Crippen LogP contribution in [0.1, 0.15) is 28.8 Å². The van der Waals surface area contributed by atoms with Crippen molar-refractivity contribution in [2.75, 3.05) is 0 Å². The van der Waals surface area contributed by atoms with Gasteiger partial charge in [-0.2, -0.15) is 0 Å². The minimum Gasteiger partial charge on any atom is -0.457 e. The van der Waals surface area contributed by atoms with Crippen LogP contribution in [0.4, 0.5) is 0 Å². The predicted octanol–water partition coefficient (Wildman–Crippen LogP) is 7.01. The monoisotopic (exact) mass is 473 g/mol. The fraction of sp³-hybridized carbons (Fsp3) is 0.111. The highest BCUT2D eigenvalue weighted by Gasteiger charge is 2.37. The Hall–Kier alpha value is -3.41. The number of carbonyl (C=O) groups excluding carboxylic acids is 1. The van der Waals surface area contributed by atoms with Crippen molar-refractivity contribution >= 4 is 28.9 Å². The molecular weight excluding hydrogens is 454 g/mol. The summed E-state index contributed by atoms with van der Waals surface area (Å²) in [5.74, 6) is 0.252. The first kappa shape index (κ1) is 21.4. The first-order valence-electron chi connectivity index (χ1n) is 10.5. The Bertz CT molecular complexity index is 1310. The van der Waals surface area contributed by atoms with Gasteiger partial charge < -0.3 is 9.47 Å². The van der Waals surface area contributed by atoms with Crippen molar-refractivity contribution in [3.63, 3.8) is 0 Å². The SMILES string of the molecule is CC1=C(C(=O)OCc2ccccc2)C(c2ccc(Cl)cc2)c2sc(-c3ccccc3)nc2O1. The summed E-state index contributed by atoms with van der Waals surface area (Å²) >= 11 is 7.66. The van der Waals surface area contributed by atoms with Crippen molar-refractivity contribution < 1.29 is 14.3 Å². The first-order valence-corrected chi connectivity index (χ1v) is 11.7. The molecule has 0 saturated carbocycles. The second kappa shape index (κ2) is 9.22. The van der Waals surface area contributed by atoms with Gasteiger partial charge in [0.25, 0.3) is 0 Å². The van der Waals surface area contributed by atoms with E-state index in [9.17, 15) is 4.79 Å². The molecule has 1 unspecified atom stereocenters. The topological polar surface area (TPSA) is 48.4 Å². The van der Waals surface area contributed by atoms with Gasteiger partial charge in [0.1, 0.15) is 17.4 Å². The molecule has 1 aromatic heterocycles. The largest absolute Gasteiger partial charge is 0.457 e. The van der Waals surface area contributed by atoms with E-state index in [0.717, 1.165) is 26.6 Å². The molecule has 1 atom stereocenters. The van der Waals surface area contributed by atoms with E-state index in [1.807, 2.05) is 84.9 Å². The number of benzene rings is 3. The number of aromatic nitrogens is 1. The van der Waals surface area contributed by atoms with Crippen LogP contribution in [0.3, 0.4) is 0 Å². The summed E-state index contributed by atoms with van der Waals surface area (Å²) in [5.41, 5.74) is 3.33. The van der Waals surface area contributed by atoms with Crippen LogP contribution in [0.5, 0.6) is 5.88 Å². The van der Waals surface area contributed by atoms with Crippen LogP contribution in [0.2, 0.25) is 5.02 Å². The van der Waals surface area contributed by atoms with Crippen molar-refractivity contribution in [2.24, 2.45) is 0 Å². The van der Waals surface area contributed by atoms with E-state index in [4.69, 9.17) is 26.1 Å². The first-order chi connectivity index (χ1) is 16.1. The summed E-state index contributed by atoms with van der Waals surface area (Å²) < 4.78 is 11.7. The number of fused-ring (bicyclic) bond motifs is 1. The van der Waals surface area contributed by atoms with Gasteiger partial charge in [0, 0.05) is 10.6 Å². The highest BCUT2D eigenvalue weighted by Crippen LogP contribution is 2.48. The lowest BCUT2D eigenvalue weighted by Crippen LogP contribution is -2.22. The average molecular weight is 474 g/mol. The zero-order valence-electron chi connectivity index (χ0n) is 17.8. The Kier molecular flexibility index (Phi) is 5.99. The molecule has 2 heterocycles. The number of hydrogen-bond donors (Lipinski definition) is 0. The highest BCUT2D eigenvalue weighted by molar-refractivity contribution is 7.15. The number of nitrogens with zero attached hydrogens (tertiary/aromatic N) is 1. The van der Waals surface area contributed by atoms with Gasteiger partial charge in [0.15, 0.2) is 0 Å². The summed E-state index contributed by atoms with van der Waals surface area (Å²) in [6.45, 7) is 1.97. The van der Waals surface area contributed by atoms with Gasteiger partial charge in [0.05, 0.1) is 16.4 Å². The summed E-state index contributed by atoms with van der Waals surface area (Å²) in [6.07, 6.45) is 0. The van der Waals surface area contributed by atoms with Crippen molar-refractivity contribution in [1.82, 2.24) is 4.98 Å². The molecule has 0 spiro atoms. The summed E-state index contributed by atoms with van der Waals surface area (Å²) in [4.78, 5) is 18.9. The standard InChI is InChI=1S/C27H20ClNO3S/c1-17-22(27(30)31-16-18-8-4-2-5-9-18)23(19-12-14-21(28)15-13-19)24-25(32-17)29-26(33-24)20-10-6-3-7-11-20/h2-15,23H,16H2,1H3. The number of hydrogen-bond acceptors (Lipinski definition) is 5. The molecule has 4 nitrogen and oxygen atoms in total. The molecule has 1 aliphatic rings. The fourth-order valence-corrected chi connectivity index (χ4v) is 5.11. The van der Waals surface area contributed by atoms with E-state index >= 15 is 0 Å². The van der Waals surface area contributed by atoms with Gasteiger partial charge in [-0.3, -0.25) is 0 Å². The Morgan fingerprint density at radius 1 is 1.00 bits per heavy atom. The maximum atomic E-state index is 13.3. The van der Waals surface area contributed by atoms with Crippen LogP contribution in [-0.4, -0.2) is 11.0 Å². The molecule has 0 saturated heterocycles.